The molecule has 1 unspecified atom stereocenters. The Balaban J connectivity index is 1.74. The molecule has 0 aliphatic heterocycles. The molecule has 4 nitrogen and oxygen atoms in total. The number of nitrogens with zero attached hydrogens (tertiary/aromatic N) is 3. The first kappa shape index (κ1) is 16.1. The van der Waals surface area contributed by atoms with Gasteiger partial charge in [-0.25, -0.2) is 4.98 Å². The maximum absolute atomic E-state index is 12.8. The highest BCUT2D eigenvalue weighted by Gasteiger charge is 2.23. The minimum Gasteiger partial charge on any atom is -0.334 e. The van der Waals surface area contributed by atoms with Crippen molar-refractivity contribution in [1.29, 1.82) is 0 Å². The van der Waals surface area contributed by atoms with Crippen molar-refractivity contribution < 1.29 is 13.6 Å². The molecule has 0 spiro atoms. The molecule has 7 heteroatoms. The summed E-state index contributed by atoms with van der Waals surface area (Å²) in [7, 11) is 1.62. The molecule has 0 fully saturated rings. The zero-order valence-electron chi connectivity index (χ0n) is 13.1. The number of carbonyl (C=O) groups is 1. The number of hydrogen-bond acceptors (Lipinski definition) is 3. The van der Waals surface area contributed by atoms with Gasteiger partial charge in [0, 0.05) is 24.3 Å². The molecule has 1 amide bonds. The topological polar surface area (TPSA) is 38.1 Å². The third-order valence-electron chi connectivity index (χ3n) is 4.22. The molecular weight excluding hydrogens is 320 g/mol. The van der Waals surface area contributed by atoms with E-state index in [2.05, 4.69) is 11.9 Å². The maximum atomic E-state index is 12.8. The number of thiophene rings is 1. The Labute approximate surface area is 137 Å². The van der Waals surface area contributed by atoms with Gasteiger partial charge in [0.25, 0.3) is 5.91 Å². The fourth-order valence-corrected chi connectivity index (χ4v) is 4.13. The lowest BCUT2D eigenvalue weighted by Crippen LogP contribution is -2.27. The van der Waals surface area contributed by atoms with E-state index in [9.17, 15) is 13.6 Å². The third kappa shape index (κ3) is 3.29. The van der Waals surface area contributed by atoms with Gasteiger partial charge in [-0.2, -0.15) is 8.78 Å². The lowest BCUT2D eigenvalue weighted by molar-refractivity contribution is 0.0613. The molecule has 2 aromatic rings. The smallest absolute Gasteiger partial charge is 0.319 e. The molecule has 0 saturated heterocycles. The Hall–Kier alpha value is -1.76. The van der Waals surface area contributed by atoms with Crippen LogP contribution in [0.1, 0.15) is 45.8 Å². The van der Waals surface area contributed by atoms with Crippen molar-refractivity contribution in [2.75, 3.05) is 7.05 Å². The molecule has 23 heavy (non-hydrogen) atoms. The van der Waals surface area contributed by atoms with Gasteiger partial charge < -0.3 is 4.90 Å². The molecule has 124 valence electrons. The number of imidazole rings is 1. The van der Waals surface area contributed by atoms with Crippen LogP contribution >= 0.6 is 11.3 Å². The van der Waals surface area contributed by atoms with Crippen LogP contribution in [0.15, 0.2) is 18.5 Å². The van der Waals surface area contributed by atoms with Crippen molar-refractivity contribution in [3.63, 3.8) is 0 Å². The van der Waals surface area contributed by atoms with E-state index in [-0.39, 0.29) is 18.3 Å². The van der Waals surface area contributed by atoms with E-state index in [1.54, 1.807) is 7.05 Å². The van der Waals surface area contributed by atoms with Gasteiger partial charge in [-0.05, 0) is 36.8 Å². The molecule has 0 radical (unpaired) electrons. The van der Waals surface area contributed by atoms with Crippen LogP contribution in [0.4, 0.5) is 8.78 Å². The molecule has 0 N–H and O–H groups in total. The largest absolute Gasteiger partial charge is 0.334 e. The van der Waals surface area contributed by atoms with Gasteiger partial charge in [0.2, 0.25) is 0 Å². The van der Waals surface area contributed by atoms with Crippen molar-refractivity contribution in [2.45, 2.75) is 39.3 Å². The second-order valence-corrected chi connectivity index (χ2v) is 7.23. The van der Waals surface area contributed by atoms with E-state index < -0.39 is 6.55 Å². The van der Waals surface area contributed by atoms with Gasteiger partial charge in [-0.3, -0.25) is 9.36 Å². The van der Waals surface area contributed by atoms with E-state index in [0.717, 1.165) is 23.8 Å². The van der Waals surface area contributed by atoms with Gasteiger partial charge >= 0.3 is 6.55 Å². The van der Waals surface area contributed by atoms with Crippen LogP contribution in [0.3, 0.4) is 0 Å². The van der Waals surface area contributed by atoms with Crippen LogP contribution in [-0.2, 0) is 19.4 Å². The summed E-state index contributed by atoms with van der Waals surface area (Å²) in [5, 5.41) is 0. The Morgan fingerprint density at radius 1 is 1.57 bits per heavy atom. The van der Waals surface area contributed by atoms with E-state index in [4.69, 9.17) is 0 Å². The quantitative estimate of drug-likeness (QED) is 0.851. The van der Waals surface area contributed by atoms with E-state index in [1.165, 1.54) is 39.1 Å². The second kappa shape index (κ2) is 6.39. The minimum absolute atomic E-state index is 0.0646. The standard InChI is InChI=1S/C16H19F2N3OS/c1-10-3-4-12-11(7-10)8-13(23-12)15(22)20(2)9-14-19-5-6-21(14)16(17)18/h5-6,8,10,16H,3-4,7,9H2,1-2H3. The number of fused-ring (bicyclic) bond motifs is 1. The van der Waals surface area contributed by atoms with Gasteiger partial charge in [0.1, 0.15) is 5.82 Å². The first-order valence-corrected chi connectivity index (χ1v) is 8.44. The lowest BCUT2D eigenvalue weighted by atomic mass is 9.90. The van der Waals surface area contributed by atoms with Crippen LogP contribution in [0, 0.1) is 5.92 Å². The van der Waals surface area contributed by atoms with E-state index >= 15 is 0 Å². The Kier molecular flexibility index (Phi) is 4.48. The van der Waals surface area contributed by atoms with Gasteiger partial charge in [0.05, 0.1) is 11.4 Å². The molecule has 0 saturated carbocycles. The average molecular weight is 339 g/mol. The normalized spacial score (nSPS) is 17.3. The van der Waals surface area contributed by atoms with Crippen molar-refractivity contribution in [3.05, 3.63) is 39.6 Å². The summed E-state index contributed by atoms with van der Waals surface area (Å²) in [5.74, 6) is 0.697. The molecule has 0 aromatic carbocycles. The number of rotatable bonds is 4. The monoisotopic (exact) mass is 339 g/mol. The number of aryl methyl sites for hydroxylation is 1. The summed E-state index contributed by atoms with van der Waals surface area (Å²) in [4.78, 5) is 19.9. The second-order valence-electron chi connectivity index (χ2n) is 6.10. The highest BCUT2D eigenvalue weighted by atomic mass is 32.1. The van der Waals surface area contributed by atoms with Crippen LogP contribution in [0.2, 0.25) is 0 Å². The van der Waals surface area contributed by atoms with Gasteiger partial charge in [-0.15, -0.1) is 11.3 Å². The van der Waals surface area contributed by atoms with Gasteiger partial charge in [-0.1, -0.05) is 6.92 Å². The highest BCUT2D eigenvalue weighted by molar-refractivity contribution is 7.14. The first-order chi connectivity index (χ1) is 11.0. The van der Waals surface area contributed by atoms with Crippen LogP contribution < -0.4 is 0 Å². The molecule has 2 heterocycles. The molecule has 1 atom stereocenters. The lowest BCUT2D eigenvalue weighted by Gasteiger charge is -2.16. The summed E-state index contributed by atoms with van der Waals surface area (Å²) in [6.45, 7) is -0.361. The van der Waals surface area contributed by atoms with Crippen molar-refractivity contribution >= 4 is 17.2 Å². The van der Waals surface area contributed by atoms with E-state index in [0.29, 0.717) is 10.8 Å². The molecule has 3 rings (SSSR count). The Morgan fingerprint density at radius 2 is 2.35 bits per heavy atom. The Bertz CT molecular complexity index is 710. The molecule has 1 aliphatic rings. The summed E-state index contributed by atoms with van der Waals surface area (Å²) < 4.78 is 26.5. The number of carbonyl (C=O) groups excluding carboxylic acids is 1. The predicted octanol–water partition coefficient (Wildman–Crippen LogP) is 3.74. The number of hydrogen-bond donors (Lipinski definition) is 0. The van der Waals surface area contributed by atoms with Gasteiger partial charge in [0.15, 0.2) is 0 Å². The summed E-state index contributed by atoms with van der Waals surface area (Å²) >= 11 is 1.53. The van der Waals surface area contributed by atoms with Crippen molar-refractivity contribution in [3.8, 4) is 0 Å². The Morgan fingerprint density at radius 3 is 3.09 bits per heavy atom. The number of aromatic nitrogens is 2. The number of alkyl halides is 2. The predicted molar refractivity (Wildman–Crippen MR) is 84.8 cm³/mol. The third-order valence-corrected chi connectivity index (χ3v) is 5.45. The highest BCUT2D eigenvalue weighted by Crippen LogP contribution is 2.32. The first-order valence-electron chi connectivity index (χ1n) is 7.62. The van der Waals surface area contributed by atoms with Crippen molar-refractivity contribution in [2.24, 2.45) is 5.92 Å². The van der Waals surface area contributed by atoms with Crippen LogP contribution in [-0.4, -0.2) is 27.4 Å². The van der Waals surface area contributed by atoms with Crippen LogP contribution in [0.25, 0.3) is 0 Å². The zero-order chi connectivity index (χ0) is 16.6. The van der Waals surface area contributed by atoms with E-state index in [1.807, 2.05) is 6.07 Å². The fourth-order valence-electron chi connectivity index (χ4n) is 2.93. The number of amides is 1. The molecular formula is C16H19F2N3OS. The average Bonchev–Trinajstić information content (AvgIpc) is 3.12. The maximum Gasteiger partial charge on any atom is 0.319 e. The molecule has 0 bridgehead atoms. The summed E-state index contributed by atoms with van der Waals surface area (Å²) in [6, 6.07) is 1.97. The summed E-state index contributed by atoms with van der Waals surface area (Å²) in [5.41, 5.74) is 1.26. The SMILES string of the molecule is CC1CCc2sc(C(=O)N(C)Cc3nccn3C(F)F)cc2C1. The molecule has 1 aliphatic carbocycles. The van der Waals surface area contributed by atoms with Crippen molar-refractivity contribution in [1.82, 2.24) is 14.5 Å². The van der Waals surface area contributed by atoms with Crippen LogP contribution in [0.5, 0.6) is 0 Å². The minimum atomic E-state index is -2.65. The fraction of sp³-hybridized carbons (Fsp3) is 0.500. The molecule has 2 aromatic heterocycles. The number of halogens is 2. The zero-order valence-corrected chi connectivity index (χ0v) is 13.9. The summed E-state index contributed by atoms with van der Waals surface area (Å²) in [6.07, 6.45) is 5.74.